The summed E-state index contributed by atoms with van der Waals surface area (Å²) in [5.41, 5.74) is 0.994. The third-order valence-corrected chi connectivity index (χ3v) is 4.14. The predicted molar refractivity (Wildman–Crippen MR) is 55.7 cm³/mol. The van der Waals surface area contributed by atoms with Crippen LogP contribution in [-0.2, 0) is 21.9 Å². The predicted octanol–water partition coefficient (Wildman–Crippen LogP) is 1.38. The van der Waals surface area contributed by atoms with E-state index in [0.717, 1.165) is 0 Å². The molecular formula is C10H8FNO4S. The van der Waals surface area contributed by atoms with Crippen LogP contribution in [0.1, 0.15) is 17.2 Å². The Morgan fingerprint density at radius 2 is 2.35 bits per heavy atom. The van der Waals surface area contributed by atoms with E-state index in [2.05, 4.69) is 0 Å². The number of rotatable bonds is 0. The molecule has 1 amide bonds. The molecule has 1 N–H and O–H groups in total. The van der Waals surface area contributed by atoms with Crippen molar-refractivity contribution in [2.45, 2.75) is 18.6 Å². The zero-order chi connectivity index (χ0) is 12.2. The first-order valence-electron chi connectivity index (χ1n) is 4.98. The minimum Gasteiger partial charge on any atom is -0.464 e. The molecule has 1 aromatic rings. The van der Waals surface area contributed by atoms with Crippen molar-refractivity contribution in [1.29, 1.82) is 0 Å². The quantitative estimate of drug-likeness (QED) is 0.762. The molecule has 0 radical (unpaired) electrons. The Balaban J connectivity index is 2.13. The van der Waals surface area contributed by atoms with E-state index in [1.165, 1.54) is 6.07 Å². The number of amides is 1. The molecule has 2 aliphatic rings. The summed E-state index contributed by atoms with van der Waals surface area (Å²) in [6.07, 6.45) is -1.54. The molecule has 5 nitrogen and oxygen atoms in total. The number of nitrogens with zero attached hydrogens (tertiary/aromatic N) is 1. The minimum atomic E-state index is -2.05. The van der Waals surface area contributed by atoms with Crippen LogP contribution < -0.4 is 0 Å². The molecule has 7 heteroatoms. The van der Waals surface area contributed by atoms with Crippen molar-refractivity contribution in [2.24, 2.45) is 0 Å². The zero-order valence-corrected chi connectivity index (χ0v) is 9.32. The van der Waals surface area contributed by atoms with Gasteiger partial charge in [0.25, 0.3) is 11.3 Å². The van der Waals surface area contributed by atoms with Crippen molar-refractivity contribution in [3.63, 3.8) is 0 Å². The van der Waals surface area contributed by atoms with Crippen LogP contribution in [0.15, 0.2) is 18.2 Å². The number of carboxylic acid groups (broad SMARTS) is 1. The molecule has 1 fully saturated rings. The summed E-state index contributed by atoms with van der Waals surface area (Å²) in [7, 11) is 0. The van der Waals surface area contributed by atoms with E-state index in [4.69, 9.17) is 9.29 Å². The first-order chi connectivity index (χ1) is 8.09. The standard InChI is InChI=1S/C10H8FNO4S/c11-6-3-1-2-5-4-7-9(8(5)6)12(10(13)14)17(15)16-7/h1-3,7,9H,4H2,(H,13,14)/t7-,9-,17-/m1/s1. The van der Waals surface area contributed by atoms with Gasteiger partial charge in [0, 0.05) is 12.0 Å². The van der Waals surface area contributed by atoms with Gasteiger partial charge in [-0.25, -0.2) is 13.4 Å². The van der Waals surface area contributed by atoms with Crippen LogP contribution in [0.25, 0.3) is 0 Å². The lowest BCUT2D eigenvalue weighted by atomic mass is 10.1. The SMILES string of the molecule is O=C(O)N1[C@H]2c3c(F)cccc3C[C@H]2O[S@]1=O. The number of halogens is 1. The number of carbonyl (C=O) groups is 1. The van der Waals surface area contributed by atoms with Crippen LogP contribution in [-0.4, -0.2) is 25.8 Å². The van der Waals surface area contributed by atoms with Crippen molar-refractivity contribution in [3.8, 4) is 0 Å². The molecule has 90 valence electrons. The second-order valence-corrected chi connectivity index (χ2v) is 4.94. The summed E-state index contributed by atoms with van der Waals surface area (Å²) in [5.74, 6) is -0.483. The summed E-state index contributed by atoms with van der Waals surface area (Å²) in [6, 6.07) is 3.76. The van der Waals surface area contributed by atoms with Gasteiger partial charge in [0.15, 0.2) is 0 Å². The fourth-order valence-corrected chi connectivity index (χ4v) is 3.42. The van der Waals surface area contributed by atoms with E-state index in [-0.39, 0.29) is 5.56 Å². The average Bonchev–Trinajstić information content (AvgIpc) is 2.71. The fourth-order valence-electron chi connectivity index (χ4n) is 2.39. The third kappa shape index (κ3) is 1.39. The molecule has 0 spiro atoms. The van der Waals surface area contributed by atoms with Crippen molar-refractivity contribution in [1.82, 2.24) is 4.31 Å². The Kier molecular flexibility index (Phi) is 2.20. The lowest BCUT2D eigenvalue weighted by Gasteiger charge is -2.17. The molecule has 1 aromatic carbocycles. The summed E-state index contributed by atoms with van der Waals surface area (Å²) < 4.78 is 30.9. The monoisotopic (exact) mass is 257 g/mol. The largest absolute Gasteiger partial charge is 0.464 e. The molecule has 0 aromatic heterocycles. The Morgan fingerprint density at radius 1 is 1.59 bits per heavy atom. The summed E-state index contributed by atoms with van der Waals surface area (Å²) in [6.45, 7) is 0. The van der Waals surface area contributed by atoms with Gasteiger partial charge in [-0.15, -0.1) is 0 Å². The highest BCUT2D eigenvalue weighted by molar-refractivity contribution is 7.78. The molecule has 1 aliphatic carbocycles. The summed E-state index contributed by atoms with van der Waals surface area (Å²) in [5, 5.41) is 8.98. The highest BCUT2D eigenvalue weighted by Gasteiger charge is 2.51. The summed E-state index contributed by atoms with van der Waals surface area (Å²) in [4.78, 5) is 11.0. The second kappa shape index (κ2) is 3.51. The van der Waals surface area contributed by atoms with Crippen LogP contribution in [0.4, 0.5) is 9.18 Å². The maximum absolute atomic E-state index is 13.7. The van der Waals surface area contributed by atoms with Crippen LogP contribution in [0, 0.1) is 5.82 Å². The first kappa shape index (κ1) is 10.7. The maximum atomic E-state index is 13.7. The van der Waals surface area contributed by atoms with Gasteiger partial charge in [0.05, 0.1) is 0 Å². The Hall–Kier alpha value is -1.47. The van der Waals surface area contributed by atoms with Crippen molar-refractivity contribution in [3.05, 3.63) is 35.1 Å². The molecule has 3 atom stereocenters. The fraction of sp³-hybridized carbons (Fsp3) is 0.300. The third-order valence-electron chi connectivity index (χ3n) is 3.02. The van der Waals surface area contributed by atoms with Gasteiger partial charge in [-0.1, -0.05) is 12.1 Å². The highest BCUT2D eigenvalue weighted by Crippen LogP contribution is 2.44. The number of fused-ring (bicyclic) bond motifs is 3. The van der Waals surface area contributed by atoms with Crippen LogP contribution in [0.5, 0.6) is 0 Å². The molecule has 1 saturated heterocycles. The van der Waals surface area contributed by atoms with Crippen molar-refractivity contribution >= 4 is 17.4 Å². The van der Waals surface area contributed by atoms with Gasteiger partial charge in [-0.05, 0) is 11.6 Å². The Morgan fingerprint density at radius 3 is 3.06 bits per heavy atom. The minimum absolute atomic E-state index is 0.283. The molecule has 17 heavy (non-hydrogen) atoms. The van der Waals surface area contributed by atoms with E-state index >= 15 is 0 Å². The lowest BCUT2D eigenvalue weighted by Crippen LogP contribution is -2.31. The van der Waals surface area contributed by atoms with Gasteiger partial charge in [0.2, 0.25) is 0 Å². The van der Waals surface area contributed by atoms with Gasteiger partial charge in [0.1, 0.15) is 18.0 Å². The topological polar surface area (TPSA) is 66.8 Å². The van der Waals surface area contributed by atoms with Gasteiger partial charge in [-0.2, -0.15) is 4.31 Å². The Bertz CT molecular complexity index is 535. The van der Waals surface area contributed by atoms with E-state index < -0.39 is 35.3 Å². The average molecular weight is 257 g/mol. The molecular weight excluding hydrogens is 249 g/mol. The van der Waals surface area contributed by atoms with Crippen molar-refractivity contribution < 1.29 is 22.7 Å². The Labute approximate surface area is 98.6 Å². The highest BCUT2D eigenvalue weighted by atomic mass is 32.2. The molecule has 1 heterocycles. The van der Waals surface area contributed by atoms with Crippen LogP contribution in [0.3, 0.4) is 0 Å². The van der Waals surface area contributed by atoms with E-state index in [1.807, 2.05) is 0 Å². The molecule has 0 saturated carbocycles. The van der Waals surface area contributed by atoms with Gasteiger partial charge < -0.3 is 5.11 Å². The molecule has 1 aliphatic heterocycles. The smallest absolute Gasteiger partial charge is 0.421 e. The van der Waals surface area contributed by atoms with Gasteiger partial charge >= 0.3 is 6.09 Å². The number of hydrogen-bond donors (Lipinski definition) is 1. The maximum Gasteiger partial charge on any atom is 0.421 e. The molecule has 0 bridgehead atoms. The number of benzene rings is 1. The summed E-state index contributed by atoms with van der Waals surface area (Å²) >= 11 is -2.05. The molecule has 3 rings (SSSR count). The zero-order valence-electron chi connectivity index (χ0n) is 8.50. The second-order valence-electron chi connectivity index (χ2n) is 3.92. The molecule has 0 unspecified atom stereocenters. The lowest BCUT2D eigenvalue weighted by molar-refractivity contribution is 0.155. The normalized spacial score (nSPS) is 30.2. The van der Waals surface area contributed by atoms with E-state index in [0.29, 0.717) is 16.3 Å². The van der Waals surface area contributed by atoms with E-state index in [1.54, 1.807) is 12.1 Å². The van der Waals surface area contributed by atoms with E-state index in [9.17, 15) is 13.4 Å². The van der Waals surface area contributed by atoms with Crippen LogP contribution in [0.2, 0.25) is 0 Å². The van der Waals surface area contributed by atoms with Crippen LogP contribution >= 0.6 is 0 Å². The van der Waals surface area contributed by atoms with Crippen molar-refractivity contribution in [2.75, 3.05) is 0 Å². The number of hydrogen-bond acceptors (Lipinski definition) is 3. The van der Waals surface area contributed by atoms with Gasteiger partial charge in [-0.3, -0.25) is 4.18 Å². The first-order valence-corrected chi connectivity index (χ1v) is 6.01.